The lowest BCUT2D eigenvalue weighted by molar-refractivity contribution is 0.408. The number of methoxy groups -OCH3 is 1. The van der Waals surface area contributed by atoms with Gasteiger partial charge in [0, 0.05) is 25.7 Å². The first-order chi connectivity index (χ1) is 12.2. The van der Waals surface area contributed by atoms with E-state index in [0.29, 0.717) is 18.4 Å². The van der Waals surface area contributed by atoms with Crippen molar-refractivity contribution in [3.63, 3.8) is 0 Å². The van der Waals surface area contributed by atoms with Crippen molar-refractivity contribution in [3.05, 3.63) is 65.2 Å². The van der Waals surface area contributed by atoms with E-state index in [9.17, 15) is 0 Å². The molecule has 0 radical (unpaired) electrons. The average molecular weight is 465 g/mol. The quantitative estimate of drug-likeness (QED) is 0.384. The highest BCUT2D eigenvalue weighted by Gasteiger charge is 2.37. The van der Waals surface area contributed by atoms with Crippen LogP contribution >= 0.6 is 24.0 Å². The predicted molar refractivity (Wildman–Crippen MR) is 119 cm³/mol. The fraction of sp³-hybridized carbons (Fsp3) is 0.381. The number of halogens is 1. The van der Waals surface area contributed by atoms with E-state index in [1.54, 1.807) is 7.11 Å². The van der Waals surface area contributed by atoms with E-state index in [4.69, 9.17) is 4.74 Å². The Hall–Kier alpha value is -1.76. The van der Waals surface area contributed by atoms with Crippen LogP contribution in [0.4, 0.5) is 0 Å². The largest absolute Gasteiger partial charge is 0.496 e. The molecular weight excluding hydrogens is 437 g/mol. The third-order valence-electron chi connectivity index (χ3n) is 4.79. The van der Waals surface area contributed by atoms with Gasteiger partial charge in [0.15, 0.2) is 5.96 Å². The van der Waals surface area contributed by atoms with Gasteiger partial charge in [-0.25, -0.2) is 0 Å². The fourth-order valence-corrected chi connectivity index (χ4v) is 3.21. The average Bonchev–Trinajstić information content (AvgIpc) is 3.43. The first-order valence-corrected chi connectivity index (χ1v) is 8.84. The van der Waals surface area contributed by atoms with E-state index in [0.717, 1.165) is 23.8 Å². The summed E-state index contributed by atoms with van der Waals surface area (Å²) < 4.78 is 5.46. The van der Waals surface area contributed by atoms with Gasteiger partial charge in [-0.15, -0.1) is 24.0 Å². The summed E-state index contributed by atoms with van der Waals surface area (Å²) >= 11 is 0. The van der Waals surface area contributed by atoms with Crippen molar-refractivity contribution in [2.75, 3.05) is 20.7 Å². The lowest BCUT2D eigenvalue weighted by atomic mass is 10.1. The number of nitrogens with zero attached hydrogens (tertiary/aromatic N) is 1. The van der Waals surface area contributed by atoms with Gasteiger partial charge < -0.3 is 15.4 Å². The standard InChI is InChI=1S/C21H27N3O.HI/c1-15-9-10-17(20(11-15)25-3)13-23-21(22-2)24-14-18-12-19(18)16-7-5-4-6-8-16;/h4-11,18-19H,12-14H2,1-3H3,(H2,22,23,24);1H. The molecule has 0 saturated heterocycles. The number of hydrogen-bond acceptors (Lipinski definition) is 2. The predicted octanol–water partition coefficient (Wildman–Crippen LogP) is 4.09. The number of guanidine groups is 1. The Morgan fingerprint density at radius 2 is 1.92 bits per heavy atom. The Balaban J connectivity index is 0.00000243. The first kappa shape index (κ1) is 20.6. The minimum absolute atomic E-state index is 0. The lowest BCUT2D eigenvalue weighted by Gasteiger charge is -2.14. The summed E-state index contributed by atoms with van der Waals surface area (Å²) in [4.78, 5) is 4.33. The van der Waals surface area contributed by atoms with Gasteiger partial charge in [0.05, 0.1) is 7.11 Å². The van der Waals surface area contributed by atoms with Crippen molar-refractivity contribution >= 4 is 29.9 Å². The zero-order chi connectivity index (χ0) is 17.6. The maximum absolute atomic E-state index is 5.46. The summed E-state index contributed by atoms with van der Waals surface area (Å²) in [7, 11) is 3.52. The van der Waals surface area contributed by atoms with Gasteiger partial charge in [-0.05, 0) is 42.4 Å². The zero-order valence-electron chi connectivity index (χ0n) is 15.7. The number of aliphatic imine (C=N–C) groups is 1. The highest BCUT2D eigenvalue weighted by molar-refractivity contribution is 14.0. The highest BCUT2D eigenvalue weighted by atomic mass is 127. The molecule has 0 aliphatic heterocycles. The molecule has 0 amide bonds. The second-order valence-electron chi connectivity index (χ2n) is 6.63. The summed E-state index contributed by atoms with van der Waals surface area (Å²) in [5.74, 6) is 3.12. The minimum atomic E-state index is 0. The number of benzene rings is 2. The Morgan fingerprint density at radius 1 is 1.15 bits per heavy atom. The smallest absolute Gasteiger partial charge is 0.191 e. The molecule has 4 nitrogen and oxygen atoms in total. The van der Waals surface area contributed by atoms with Crippen molar-refractivity contribution in [2.24, 2.45) is 10.9 Å². The van der Waals surface area contributed by atoms with Crippen LogP contribution in [0, 0.1) is 12.8 Å². The van der Waals surface area contributed by atoms with Crippen LogP contribution in [0.25, 0.3) is 0 Å². The van der Waals surface area contributed by atoms with Crippen LogP contribution in [0.1, 0.15) is 29.0 Å². The molecule has 2 N–H and O–H groups in total. The number of ether oxygens (including phenoxy) is 1. The van der Waals surface area contributed by atoms with Gasteiger partial charge in [-0.3, -0.25) is 4.99 Å². The normalized spacial score (nSPS) is 18.7. The van der Waals surface area contributed by atoms with Gasteiger partial charge in [-0.2, -0.15) is 0 Å². The van der Waals surface area contributed by atoms with Crippen LogP contribution in [0.3, 0.4) is 0 Å². The molecule has 2 atom stereocenters. The Kier molecular flexibility index (Phi) is 7.75. The van der Waals surface area contributed by atoms with E-state index in [1.165, 1.54) is 17.5 Å². The van der Waals surface area contributed by atoms with Gasteiger partial charge in [-0.1, -0.05) is 42.5 Å². The molecule has 1 saturated carbocycles. The van der Waals surface area contributed by atoms with Crippen molar-refractivity contribution in [1.82, 2.24) is 10.6 Å². The summed E-state index contributed by atoms with van der Waals surface area (Å²) in [6, 6.07) is 17.0. The van der Waals surface area contributed by atoms with Crippen LogP contribution in [0.5, 0.6) is 5.75 Å². The van der Waals surface area contributed by atoms with E-state index in [2.05, 4.69) is 71.1 Å². The van der Waals surface area contributed by atoms with E-state index in [-0.39, 0.29) is 24.0 Å². The molecule has 2 aromatic rings. The SMILES string of the molecule is CN=C(NCc1ccc(C)cc1OC)NCC1CC1c1ccccc1.I. The molecular formula is C21H28IN3O. The van der Waals surface area contributed by atoms with Gasteiger partial charge in [0.2, 0.25) is 0 Å². The van der Waals surface area contributed by atoms with Gasteiger partial charge in [0.25, 0.3) is 0 Å². The van der Waals surface area contributed by atoms with Crippen LogP contribution in [0.2, 0.25) is 0 Å². The van der Waals surface area contributed by atoms with Crippen LogP contribution in [-0.4, -0.2) is 26.7 Å². The second kappa shape index (κ2) is 9.80. The molecule has 2 aromatic carbocycles. The maximum Gasteiger partial charge on any atom is 0.191 e. The molecule has 2 unspecified atom stereocenters. The molecule has 0 bridgehead atoms. The second-order valence-corrected chi connectivity index (χ2v) is 6.63. The first-order valence-electron chi connectivity index (χ1n) is 8.84. The third kappa shape index (κ3) is 5.37. The molecule has 1 aliphatic carbocycles. The minimum Gasteiger partial charge on any atom is -0.496 e. The fourth-order valence-electron chi connectivity index (χ4n) is 3.21. The molecule has 26 heavy (non-hydrogen) atoms. The molecule has 0 aromatic heterocycles. The molecule has 0 spiro atoms. The number of hydrogen-bond donors (Lipinski definition) is 2. The molecule has 0 heterocycles. The number of aryl methyl sites for hydroxylation is 1. The molecule has 140 valence electrons. The summed E-state index contributed by atoms with van der Waals surface area (Å²) in [6.45, 7) is 3.71. The molecule has 1 fully saturated rings. The van der Waals surface area contributed by atoms with E-state index >= 15 is 0 Å². The maximum atomic E-state index is 5.46. The van der Waals surface area contributed by atoms with Gasteiger partial charge in [0.1, 0.15) is 5.75 Å². The topological polar surface area (TPSA) is 45.7 Å². The summed E-state index contributed by atoms with van der Waals surface area (Å²) in [5.41, 5.74) is 3.77. The Labute approximate surface area is 173 Å². The van der Waals surface area contributed by atoms with Crippen LogP contribution in [0.15, 0.2) is 53.5 Å². The van der Waals surface area contributed by atoms with Crippen molar-refractivity contribution in [2.45, 2.75) is 25.8 Å². The summed E-state index contributed by atoms with van der Waals surface area (Å²) in [6.07, 6.45) is 1.25. The van der Waals surface area contributed by atoms with Crippen molar-refractivity contribution < 1.29 is 4.74 Å². The number of rotatable bonds is 6. The van der Waals surface area contributed by atoms with Crippen molar-refractivity contribution in [1.29, 1.82) is 0 Å². The summed E-state index contributed by atoms with van der Waals surface area (Å²) in [5, 5.41) is 6.82. The zero-order valence-corrected chi connectivity index (χ0v) is 18.0. The van der Waals surface area contributed by atoms with Crippen LogP contribution < -0.4 is 15.4 Å². The van der Waals surface area contributed by atoms with Gasteiger partial charge >= 0.3 is 0 Å². The van der Waals surface area contributed by atoms with Crippen molar-refractivity contribution in [3.8, 4) is 5.75 Å². The highest BCUT2D eigenvalue weighted by Crippen LogP contribution is 2.46. The monoisotopic (exact) mass is 465 g/mol. The molecule has 1 aliphatic rings. The Bertz CT molecular complexity index is 733. The van der Waals surface area contributed by atoms with E-state index < -0.39 is 0 Å². The Morgan fingerprint density at radius 3 is 2.62 bits per heavy atom. The third-order valence-corrected chi connectivity index (χ3v) is 4.79. The number of nitrogens with one attached hydrogen (secondary N) is 2. The molecule has 5 heteroatoms. The van der Waals surface area contributed by atoms with E-state index in [1.807, 2.05) is 7.05 Å². The molecule has 3 rings (SSSR count). The van der Waals surface area contributed by atoms with Crippen LogP contribution in [-0.2, 0) is 6.54 Å². The lowest BCUT2D eigenvalue weighted by Crippen LogP contribution is -2.38.